The van der Waals surface area contributed by atoms with E-state index in [4.69, 9.17) is 32.7 Å². The van der Waals surface area contributed by atoms with Gasteiger partial charge in [0.05, 0.1) is 10.0 Å². The van der Waals surface area contributed by atoms with Crippen LogP contribution in [0.5, 0.6) is 5.75 Å². The van der Waals surface area contributed by atoms with Crippen LogP contribution in [0.2, 0.25) is 10.0 Å². The van der Waals surface area contributed by atoms with Gasteiger partial charge in [0.25, 0.3) is 0 Å². The molecule has 1 heterocycles. The van der Waals surface area contributed by atoms with Crippen LogP contribution in [-0.4, -0.2) is 11.6 Å². The Morgan fingerprint density at radius 2 is 1.42 bits per heavy atom. The van der Waals surface area contributed by atoms with Gasteiger partial charge in [-0.05, 0) is 48.2 Å². The lowest BCUT2D eigenvalue weighted by Gasteiger charge is -2.36. The number of rotatable bonds is 4. The van der Waals surface area contributed by atoms with E-state index in [0.717, 1.165) is 18.4 Å². The van der Waals surface area contributed by atoms with Crippen LogP contribution in [-0.2, 0) is 20.9 Å². The van der Waals surface area contributed by atoms with Gasteiger partial charge in [-0.1, -0.05) is 35.3 Å². The normalized spacial score (nSPS) is 18.8. The molecular weight excluding hydrogens is 466 g/mol. The van der Waals surface area contributed by atoms with Crippen LogP contribution in [0.15, 0.2) is 59.1 Å². The van der Waals surface area contributed by atoms with Crippen molar-refractivity contribution in [1.29, 1.82) is 0 Å². The van der Waals surface area contributed by atoms with E-state index in [0.29, 0.717) is 59.7 Å². The third-order valence-electron chi connectivity index (χ3n) is 6.29. The first-order valence-corrected chi connectivity index (χ1v) is 11.7. The average Bonchev–Trinajstić information content (AvgIpc) is 2.79. The van der Waals surface area contributed by atoms with Gasteiger partial charge in [0.1, 0.15) is 23.9 Å². The lowest BCUT2D eigenvalue weighted by Crippen LogP contribution is -2.30. The van der Waals surface area contributed by atoms with E-state index < -0.39 is 5.92 Å². The zero-order chi connectivity index (χ0) is 23.1. The standard InChI is InChI=1S/C26H21Cl2FO4/c27-17-11-15(12-18(28)26(17)32-13-14-7-9-16(29)10-8-14)23-24-19(30)3-1-5-21(24)33-22-6-2-4-20(31)25(22)23/h7-12,23H,1-6,13H2. The molecule has 5 rings (SSSR count). The van der Waals surface area contributed by atoms with Gasteiger partial charge in [-0.25, -0.2) is 4.39 Å². The van der Waals surface area contributed by atoms with Gasteiger partial charge < -0.3 is 9.47 Å². The highest BCUT2D eigenvalue weighted by atomic mass is 35.5. The largest absolute Gasteiger partial charge is 0.486 e. The van der Waals surface area contributed by atoms with Crippen LogP contribution in [0.3, 0.4) is 0 Å². The number of carbonyl (C=O) groups is 2. The Bertz CT molecular complexity index is 1150. The molecule has 0 fully saturated rings. The maximum absolute atomic E-state index is 13.1. The van der Waals surface area contributed by atoms with Crippen molar-refractivity contribution >= 4 is 34.8 Å². The molecule has 2 aromatic carbocycles. The van der Waals surface area contributed by atoms with E-state index in [-0.39, 0.29) is 34.0 Å². The summed E-state index contributed by atoms with van der Waals surface area (Å²) in [6, 6.07) is 9.38. The second-order valence-electron chi connectivity index (χ2n) is 8.49. The van der Waals surface area contributed by atoms with Gasteiger partial charge in [-0.2, -0.15) is 0 Å². The molecule has 2 aliphatic carbocycles. The summed E-state index contributed by atoms with van der Waals surface area (Å²) in [4.78, 5) is 25.8. The molecule has 1 aliphatic heterocycles. The van der Waals surface area contributed by atoms with Gasteiger partial charge in [0, 0.05) is 42.7 Å². The van der Waals surface area contributed by atoms with Crippen LogP contribution >= 0.6 is 23.2 Å². The Morgan fingerprint density at radius 1 is 0.879 bits per heavy atom. The molecule has 0 atom stereocenters. The molecule has 0 aromatic heterocycles. The zero-order valence-electron chi connectivity index (χ0n) is 17.8. The van der Waals surface area contributed by atoms with Crippen molar-refractivity contribution < 1.29 is 23.5 Å². The summed E-state index contributed by atoms with van der Waals surface area (Å²) in [6.45, 7) is 0.165. The molecule has 0 saturated heterocycles. The maximum Gasteiger partial charge on any atom is 0.163 e. The molecule has 170 valence electrons. The molecule has 7 heteroatoms. The summed E-state index contributed by atoms with van der Waals surface area (Å²) < 4.78 is 25.0. The number of benzene rings is 2. The Labute approximate surface area is 201 Å². The molecule has 0 saturated carbocycles. The highest BCUT2D eigenvalue weighted by molar-refractivity contribution is 6.37. The molecule has 3 aliphatic rings. The number of allylic oxidation sites excluding steroid dienone is 4. The fraction of sp³-hybridized carbons (Fsp3) is 0.308. The van der Waals surface area contributed by atoms with Crippen molar-refractivity contribution in [2.45, 2.75) is 51.0 Å². The molecule has 0 radical (unpaired) electrons. The molecule has 0 N–H and O–H groups in total. The molecule has 0 amide bonds. The Kier molecular flexibility index (Phi) is 6.02. The minimum Gasteiger partial charge on any atom is -0.486 e. The van der Waals surface area contributed by atoms with Gasteiger partial charge in [0.2, 0.25) is 0 Å². The topological polar surface area (TPSA) is 52.6 Å². The Hall–Kier alpha value is -2.63. The van der Waals surface area contributed by atoms with Crippen molar-refractivity contribution in [3.8, 4) is 5.75 Å². The maximum atomic E-state index is 13.1. The van der Waals surface area contributed by atoms with Crippen molar-refractivity contribution in [3.63, 3.8) is 0 Å². The summed E-state index contributed by atoms with van der Waals surface area (Å²) >= 11 is 13.1. The first-order chi connectivity index (χ1) is 15.9. The van der Waals surface area contributed by atoms with Crippen LogP contribution in [0.25, 0.3) is 0 Å². The van der Waals surface area contributed by atoms with Gasteiger partial charge in [0.15, 0.2) is 17.3 Å². The van der Waals surface area contributed by atoms with Crippen molar-refractivity contribution in [2.75, 3.05) is 0 Å². The van der Waals surface area contributed by atoms with Crippen LogP contribution < -0.4 is 4.74 Å². The van der Waals surface area contributed by atoms with Gasteiger partial charge in [-0.15, -0.1) is 0 Å². The van der Waals surface area contributed by atoms with Crippen molar-refractivity contribution in [1.82, 2.24) is 0 Å². The first-order valence-electron chi connectivity index (χ1n) is 11.0. The highest BCUT2D eigenvalue weighted by Gasteiger charge is 2.42. The molecule has 2 aromatic rings. The fourth-order valence-corrected chi connectivity index (χ4v) is 5.38. The molecule has 33 heavy (non-hydrogen) atoms. The number of hydrogen-bond donors (Lipinski definition) is 0. The van der Waals surface area contributed by atoms with E-state index in [1.807, 2.05) is 0 Å². The molecule has 0 bridgehead atoms. The lowest BCUT2D eigenvalue weighted by molar-refractivity contribution is -0.117. The monoisotopic (exact) mass is 486 g/mol. The number of ether oxygens (including phenoxy) is 2. The van der Waals surface area contributed by atoms with Gasteiger partial charge in [-0.3, -0.25) is 9.59 Å². The Balaban J connectivity index is 1.52. The van der Waals surface area contributed by atoms with Crippen LogP contribution in [0.1, 0.15) is 55.6 Å². The highest BCUT2D eigenvalue weighted by Crippen LogP contribution is 2.49. The smallest absolute Gasteiger partial charge is 0.163 e. The minimum atomic E-state index is -0.537. The first kappa shape index (κ1) is 22.2. The molecule has 4 nitrogen and oxygen atoms in total. The van der Waals surface area contributed by atoms with Crippen LogP contribution in [0, 0.1) is 5.82 Å². The predicted molar refractivity (Wildman–Crippen MR) is 123 cm³/mol. The SMILES string of the molecule is O=C1CCCC2=C1C(c1cc(Cl)c(OCc3ccc(F)cc3)c(Cl)c1)C1=C(CCCC1=O)O2. The van der Waals surface area contributed by atoms with E-state index in [1.54, 1.807) is 24.3 Å². The number of Topliss-reactive ketones (excluding diaryl/α,β-unsaturated/α-hetero) is 2. The lowest BCUT2D eigenvalue weighted by atomic mass is 9.73. The Morgan fingerprint density at radius 3 is 1.97 bits per heavy atom. The van der Waals surface area contributed by atoms with Crippen molar-refractivity contribution in [3.05, 3.63) is 86.1 Å². The minimum absolute atomic E-state index is 0.00458. The number of hydrogen-bond acceptors (Lipinski definition) is 4. The third kappa shape index (κ3) is 4.20. The quantitative estimate of drug-likeness (QED) is 0.474. The number of ketones is 2. The van der Waals surface area contributed by atoms with E-state index >= 15 is 0 Å². The number of halogens is 3. The summed E-state index contributed by atoms with van der Waals surface area (Å²) in [6.07, 6.45) is 3.66. The molecular formula is C26H21Cl2FO4. The average molecular weight is 487 g/mol. The number of carbonyl (C=O) groups excluding carboxylic acids is 2. The summed E-state index contributed by atoms with van der Waals surface area (Å²) in [5.74, 6) is 0.747. The van der Waals surface area contributed by atoms with Crippen molar-refractivity contribution in [2.24, 2.45) is 0 Å². The van der Waals surface area contributed by atoms with E-state index in [2.05, 4.69) is 0 Å². The van der Waals surface area contributed by atoms with Crippen LogP contribution in [0.4, 0.5) is 4.39 Å². The van der Waals surface area contributed by atoms with Gasteiger partial charge >= 0.3 is 0 Å². The summed E-state index contributed by atoms with van der Waals surface area (Å²) in [7, 11) is 0. The second kappa shape index (κ2) is 8.96. The second-order valence-corrected chi connectivity index (χ2v) is 9.31. The fourth-order valence-electron chi connectivity index (χ4n) is 4.77. The summed E-state index contributed by atoms with van der Waals surface area (Å²) in [5.41, 5.74) is 2.53. The molecule has 0 unspecified atom stereocenters. The summed E-state index contributed by atoms with van der Waals surface area (Å²) in [5, 5.41) is 0.559. The van der Waals surface area contributed by atoms with E-state index in [1.165, 1.54) is 12.1 Å². The predicted octanol–water partition coefficient (Wildman–Crippen LogP) is 6.84. The third-order valence-corrected chi connectivity index (χ3v) is 6.85. The zero-order valence-corrected chi connectivity index (χ0v) is 19.3. The van der Waals surface area contributed by atoms with E-state index in [9.17, 15) is 14.0 Å². The molecule has 0 spiro atoms.